The average Bonchev–Trinajstić information content (AvgIpc) is 3.27. The molecule has 6 nitrogen and oxygen atoms in total. The molecule has 2 aromatic rings. The largest absolute Gasteiger partial charge is 0.488 e. The maximum atomic E-state index is 11.8. The van der Waals surface area contributed by atoms with Crippen LogP contribution in [0.3, 0.4) is 0 Å². The molecule has 1 amide bonds. The van der Waals surface area contributed by atoms with Gasteiger partial charge in [0.25, 0.3) is 5.91 Å². The van der Waals surface area contributed by atoms with Crippen molar-refractivity contribution in [2.24, 2.45) is 5.73 Å². The highest BCUT2D eigenvalue weighted by atomic mass is 35.5. The molecular weight excluding hydrogens is 316 g/mol. The number of nitrogens with one attached hydrogen (secondary N) is 1. The highest BCUT2D eigenvalue weighted by Crippen LogP contribution is 2.43. The van der Waals surface area contributed by atoms with E-state index >= 15 is 0 Å². The Morgan fingerprint density at radius 1 is 1.30 bits per heavy atom. The Morgan fingerprint density at radius 2 is 2.00 bits per heavy atom. The Balaban J connectivity index is 1.66. The van der Waals surface area contributed by atoms with E-state index in [9.17, 15) is 4.79 Å². The fraction of sp³-hybridized carbons (Fsp3) is 0.375. The van der Waals surface area contributed by atoms with Crippen LogP contribution in [0.5, 0.6) is 5.75 Å². The number of carbonyl (C=O) groups excluding carboxylic acids is 1. The first kappa shape index (κ1) is 14.5. The van der Waals surface area contributed by atoms with Gasteiger partial charge in [-0.2, -0.15) is 5.10 Å². The first-order valence-corrected chi connectivity index (χ1v) is 8.07. The third-order valence-electron chi connectivity index (χ3n) is 4.18. The molecule has 1 saturated carbocycles. The van der Waals surface area contributed by atoms with Crippen molar-refractivity contribution in [3.8, 4) is 11.4 Å². The maximum Gasteiger partial charge on any atom is 0.269 e. The van der Waals surface area contributed by atoms with Crippen LogP contribution in [0.2, 0.25) is 5.02 Å². The number of aromatic nitrogens is 2. The van der Waals surface area contributed by atoms with Crippen LogP contribution in [-0.2, 0) is 0 Å². The number of halogens is 1. The number of hydrogen-bond acceptors (Lipinski definition) is 4. The van der Waals surface area contributed by atoms with Crippen molar-refractivity contribution in [1.29, 1.82) is 0 Å². The first-order chi connectivity index (χ1) is 11.1. The van der Waals surface area contributed by atoms with Gasteiger partial charge in [-0.15, -0.1) is 0 Å². The molecule has 2 aliphatic rings. The van der Waals surface area contributed by atoms with Crippen LogP contribution in [0, 0.1) is 0 Å². The number of benzene rings is 1. The fourth-order valence-electron chi connectivity index (χ4n) is 2.64. The lowest BCUT2D eigenvalue weighted by Crippen LogP contribution is -2.50. The molecule has 1 aromatic heterocycles. The summed E-state index contributed by atoms with van der Waals surface area (Å²) in [4.78, 5) is 11.8. The zero-order chi connectivity index (χ0) is 16.0. The van der Waals surface area contributed by atoms with Gasteiger partial charge < -0.3 is 15.8 Å². The minimum atomic E-state index is -0.574. The summed E-state index contributed by atoms with van der Waals surface area (Å²) in [7, 11) is 0. The van der Waals surface area contributed by atoms with Crippen molar-refractivity contribution in [2.45, 2.75) is 24.9 Å². The van der Waals surface area contributed by atoms with E-state index in [0.29, 0.717) is 10.9 Å². The number of primary amides is 1. The molecular formula is C16H17ClN4O2. The molecule has 7 heteroatoms. The Morgan fingerprint density at radius 3 is 2.52 bits per heavy atom. The predicted octanol–water partition coefficient (Wildman–Crippen LogP) is 1.85. The van der Waals surface area contributed by atoms with Crippen molar-refractivity contribution in [3.63, 3.8) is 0 Å². The van der Waals surface area contributed by atoms with E-state index in [-0.39, 0.29) is 11.8 Å². The minimum absolute atomic E-state index is 0.225. The number of carbonyl (C=O) groups is 1. The Kier molecular flexibility index (Phi) is 3.50. The van der Waals surface area contributed by atoms with Crippen molar-refractivity contribution < 1.29 is 9.53 Å². The van der Waals surface area contributed by atoms with Crippen LogP contribution in [0.25, 0.3) is 5.69 Å². The highest BCUT2D eigenvalue weighted by Gasteiger charge is 2.32. The van der Waals surface area contributed by atoms with Gasteiger partial charge >= 0.3 is 0 Å². The van der Waals surface area contributed by atoms with E-state index in [0.717, 1.165) is 43.1 Å². The number of ether oxygens (including phenoxy) is 1. The van der Waals surface area contributed by atoms with Crippen LogP contribution in [0.1, 0.15) is 34.9 Å². The molecule has 4 rings (SSSR count). The number of nitrogens with two attached hydrogens (primary N) is 1. The molecule has 3 N–H and O–H groups in total. The number of nitrogens with zero attached hydrogens (tertiary/aromatic N) is 2. The van der Waals surface area contributed by atoms with Gasteiger partial charge in [-0.1, -0.05) is 11.6 Å². The lowest BCUT2D eigenvalue weighted by Gasteiger charge is -2.27. The number of rotatable bonds is 5. The second-order valence-electron chi connectivity index (χ2n) is 5.99. The summed E-state index contributed by atoms with van der Waals surface area (Å²) in [6.07, 6.45) is 2.33. The van der Waals surface area contributed by atoms with Crippen molar-refractivity contribution in [2.75, 3.05) is 13.1 Å². The van der Waals surface area contributed by atoms with Gasteiger partial charge in [0.05, 0.1) is 16.4 Å². The summed E-state index contributed by atoms with van der Waals surface area (Å²) in [6, 6.07) is 7.44. The fourth-order valence-corrected chi connectivity index (χ4v) is 3.00. The third kappa shape index (κ3) is 2.68. The normalized spacial score (nSPS) is 17.8. The second kappa shape index (κ2) is 5.54. The topological polar surface area (TPSA) is 82.2 Å². The van der Waals surface area contributed by atoms with E-state index in [1.807, 2.05) is 24.3 Å². The summed E-state index contributed by atoms with van der Waals surface area (Å²) >= 11 is 6.32. The molecule has 2 fully saturated rings. The van der Waals surface area contributed by atoms with Crippen LogP contribution in [0.4, 0.5) is 0 Å². The molecule has 1 aromatic carbocycles. The van der Waals surface area contributed by atoms with E-state index in [2.05, 4.69) is 10.4 Å². The zero-order valence-corrected chi connectivity index (χ0v) is 13.2. The smallest absolute Gasteiger partial charge is 0.269 e. The Labute approximate surface area is 138 Å². The molecule has 120 valence electrons. The first-order valence-electron chi connectivity index (χ1n) is 7.69. The quantitative estimate of drug-likeness (QED) is 0.875. The summed E-state index contributed by atoms with van der Waals surface area (Å²) in [5.41, 5.74) is 7.24. The molecule has 1 aliphatic heterocycles. The molecule has 0 unspecified atom stereocenters. The predicted molar refractivity (Wildman–Crippen MR) is 86.4 cm³/mol. The maximum absolute atomic E-state index is 11.8. The molecule has 2 heterocycles. The van der Waals surface area contributed by atoms with Gasteiger partial charge in [0.15, 0.2) is 5.69 Å². The van der Waals surface area contributed by atoms with Crippen LogP contribution >= 0.6 is 11.6 Å². The van der Waals surface area contributed by atoms with Crippen molar-refractivity contribution in [3.05, 3.63) is 40.7 Å². The number of amides is 1. The van der Waals surface area contributed by atoms with Gasteiger partial charge in [-0.05, 0) is 37.1 Å². The monoisotopic (exact) mass is 332 g/mol. The van der Waals surface area contributed by atoms with E-state index in [1.165, 1.54) is 4.68 Å². The third-order valence-corrected chi connectivity index (χ3v) is 4.55. The summed E-state index contributed by atoms with van der Waals surface area (Å²) in [5, 5.41) is 8.05. The lowest BCUT2D eigenvalue weighted by molar-refractivity contribution is 0.0993. The van der Waals surface area contributed by atoms with Gasteiger partial charge in [0.2, 0.25) is 0 Å². The summed E-state index contributed by atoms with van der Waals surface area (Å²) in [5.74, 6) is 0.562. The lowest BCUT2D eigenvalue weighted by atomic mass is 10.2. The van der Waals surface area contributed by atoms with Gasteiger partial charge in [-0.25, -0.2) is 4.68 Å². The summed E-state index contributed by atoms with van der Waals surface area (Å²) < 4.78 is 7.32. The minimum Gasteiger partial charge on any atom is -0.488 e. The second-order valence-corrected chi connectivity index (χ2v) is 6.37. The molecule has 1 saturated heterocycles. The van der Waals surface area contributed by atoms with Crippen LogP contribution in [0.15, 0.2) is 24.3 Å². The van der Waals surface area contributed by atoms with E-state index in [1.54, 1.807) is 0 Å². The zero-order valence-electron chi connectivity index (χ0n) is 12.5. The Hall–Kier alpha value is -2.05. The highest BCUT2D eigenvalue weighted by molar-refractivity contribution is 6.34. The molecule has 0 bridgehead atoms. The van der Waals surface area contributed by atoms with Crippen molar-refractivity contribution in [1.82, 2.24) is 15.1 Å². The van der Waals surface area contributed by atoms with Crippen molar-refractivity contribution >= 4 is 17.5 Å². The number of hydrogen-bond donors (Lipinski definition) is 2. The SMILES string of the molecule is NC(=O)c1c(Cl)c(C2CC2)nn1-c1ccc(OC2CNC2)cc1. The van der Waals surface area contributed by atoms with Crippen LogP contribution in [-0.4, -0.2) is 34.9 Å². The Bertz CT molecular complexity index is 748. The van der Waals surface area contributed by atoms with Crippen LogP contribution < -0.4 is 15.8 Å². The molecule has 23 heavy (non-hydrogen) atoms. The standard InChI is InChI=1S/C16H17ClN4O2/c17-13-14(9-1-2-9)20-21(15(13)16(18)22)10-3-5-11(6-4-10)23-12-7-19-8-12/h3-6,9,12,19H,1-2,7-8H2,(H2,18,22). The van der Waals surface area contributed by atoms with Gasteiger partial charge in [-0.3, -0.25) is 4.79 Å². The van der Waals surface area contributed by atoms with E-state index in [4.69, 9.17) is 22.1 Å². The van der Waals surface area contributed by atoms with Gasteiger partial charge in [0.1, 0.15) is 11.9 Å². The van der Waals surface area contributed by atoms with E-state index < -0.39 is 5.91 Å². The molecule has 0 atom stereocenters. The molecule has 0 spiro atoms. The average molecular weight is 333 g/mol. The molecule has 1 aliphatic carbocycles. The van der Waals surface area contributed by atoms with Gasteiger partial charge in [0, 0.05) is 19.0 Å². The molecule has 0 radical (unpaired) electrons. The summed E-state index contributed by atoms with van der Waals surface area (Å²) in [6.45, 7) is 1.74.